The summed E-state index contributed by atoms with van der Waals surface area (Å²) in [6.45, 7) is 25.4. The summed E-state index contributed by atoms with van der Waals surface area (Å²) in [6.07, 6.45) is 5.17. The average Bonchev–Trinajstić information content (AvgIpc) is 3.00. The van der Waals surface area contributed by atoms with Crippen LogP contribution in [0.15, 0.2) is 0 Å². The zero-order chi connectivity index (χ0) is 37.3. The molecule has 3 aliphatic rings. The topological polar surface area (TPSA) is 159 Å². The summed E-state index contributed by atoms with van der Waals surface area (Å²) < 4.78 is 15.7. The van der Waals surface area contributed by atoms with Gasteiger partial charge in [-0.25, -0.2) is 0 Å². The minimum atomic E-state index is -1.17. The largest absolute Gasteiger partial charge is 0.365 e. The van der Waals surface area contributed by atoms with Crippen molar-refractivity contribution in [1.82, 2.24) is 15.2 Å². The van der Waals surface area contributed by atoms with Gasteiger partial charge in [-0.05, 0) is 81.1 Å². The monoisotopic (exact) mass is 946 g/mol. The van der Waals surface area contributed by atoms with Crippen LogP contribution in [0.2, 0.25) is 0 Å². The summed E-state index contributed by atoms with van der Waals surface area (Å²) in [5.41, 5.74) is -2.77. The molecule has 6 N–H and O–H groups in total. The predicted molar refractivity (Wildman–Crippen MR) is 182 cm³/mol. The number of piperidine rings is 3. The quantitative estimate of drug-likeness (QED) is 0.169. The smallest absolute Gasteiger partial charge is 0.171 e. The van der Waals surface area contributed by atoms with E-state index in [9.17, 15) is 30.9 Å². The molecule has 3 radical (unpaired) electrons. The molecule has 0 aromatic heterocycles. The maximum Gasteiger partial charge on any atom is 0.171 e. The molecule has 3 rings (SSSR count). The molecule has 3 fully saturated rings. The van der Waals surface area contributed by atoms with Gasteiger partial charge in [0.25, 0.3) is 0 Å². The molecule has 0 bridgehead atoms. The Balaban J connectivity index is -0.000000646. The number of hydrogen-bond donors (Lipinski definition) is 6. The van der Waals surface area contributed by atoms with Crippen molar-refractivity contribution in [1.29, 1.82) is 0 Å². The number of hydrogen-bond acceptors (Lipinski definition) is 12. The first-order chi connectivity index (χ1) is 21.1. The van der Waals surface area contributed by atoms with Gasteiger partial charge in [0, 0.05) is 180 Å². The molecule has 12 nitrogen and oxygen atoms in total. The first kappa shape index (κ1) is 57.2. The van der Waals surface area contributed by atoms with E-state index in [0.29, 0.717) is 32.1 Å². The molecule has 5 unspecified atom stereocenters. The molecule has 5 atom stereocenters. The van der Waals surface area contributed by atoms with E-state index in [2.05, 4.69) is 0 Å². The van der Waals surface area contributed by atoms with Crippen LogP contribution in [0.5, 0.6) is 0 Å². The molecule has 0 saturated carbocycles. The van der Waals surface area contributed by atoms with Gasteiger partial charge in [0.05, 0.1) is 11.1 Å². The Morgan fingerprint density at radius 3 is 1.18 bits per heavy atom. The van der Waals surface area contributed by atoms with Crippen LogP contribution in [0.4, 0.5) is 0 Å². The van der Waals surface area contributed by atoms with Crippen molar-refractivity contribution in [2.75, 3.05) is 21.3 Å². The zero-order valence-electron chi connectivity index (χ0n) is 34.4. The van der Waals surface area contributed by atoms with Crippen molar-refractivity contribution < 1.29 is 143 Å². The maximum absolute atomic E-state index is 10.6. The molecule has 0 aliphatic carbocycles. The molecule has 0 aromatic rings. The first-order valence-corrected chi connectivity index (χ1v) is 17.4. The van der Waals surface area contributed by atoms with Gasteiger partial charge in [0.1, 0.15) is 0 Å². The van der Waals surface area contributed by atoms with Gasteiger partial charge in [-0.2, -0.15) is 15.2 Å². The van der Waals surface area contributed by atoms with E-state index < -0.39 is 50.6 Å². The molecule has 3 saturated heterocycles. The normalized spacial score (nSPS) is 35.8. The first-order valence-electron chi connectivity index (χ1n) is 17.4. The van der Waals surface area contributed by atoms with E-state index in [-0.39, 0.29) is 104 Å². The number of aliphatic hydroxyl groups is 3. The Bertz CT molecular complexity index is 975. The third-order valence-electron chi connectivity index (χ3n) is 12.0. The van der Waals surface area contributed by atoms with Gasteiger partial charge in [-0.3, -0.25) is 0 Å². The van der Waals surface area contributed by atoms with Gasteiger partial charge in [0.15, 0.2) is 17.4 Å². The molecule has 0 spiro atoms. The van der Waals surface area contributed by atoms with Crippen molar-refractivity contribution in [3.05, 3.63) is 0 Å². The Hall–Kier alpha value is 2.83. The average molecular weight is 947 g/mol. The molecule has 3 heterocycles. The van der Waals surface area contributed by atoms with Gasteiger partial charge >= 0.3 is 0 Å². The van der Waals surface area contributed by atoms with Gasteiger partial charge < -0.3 is 45.2 Å². The number of nitrogens with zero attached hydrogens (tertiary/aromatic N) is 3. The fourth-order valence-electron chi connectivity index (χ4n) is 8.56. The fourth-order valence-corrected chi connectivity index (χ4v) is 8.56. The molecule has 50 heavy (non-hydrogen) atoms. The number of rotatable bonds is 7. The van der Waals surface area contributed by atoms with E-state index in [1.807, 2.05) is 90.0 Å². The van der Waals surface area contributed by atoms with Crippen LogP contribution < -0.4 is 0 Å². The second kappa shape index (κ2) is 20.5. The standard InChI is InChI=1S/C13H27NO3.C12H25NO3.C10H21NO3.3Y/c1-7-11(4)9-13(15,17-6)10(3)12(5,8-2)14(11)16;1-6-11(7-2)9-12(14,16-5)8-10(3,4)13(11)15;1-8(2)6-10(12,14-5)7-9(3,4)11(8)13;;;/h10,15-16H,7-9H2,1-6H3;14-15H,6-9H2,1-5H3;12-13H,6-7H2,1-5H3;;;. The number of methoxy groups -OCH3 is 3. The maximum atomic E-state index is 10.6. The Morgan fingerprint density at radius 1 is 0.520 bits per heavy atom. The number of ether oxygens (including phenoxy) is 3. The van der Waals surface area contributed by atoms with Crippen LogP contribution in [0.3, 0.4) is 0 Å². The van der Waals surface area contributed by atoms with Crippen molar-refractivity contribution in [2.45, 2.75) is 198 Å². The third kappa shape index (κ3) is 12.2. The summed E-state index contributed by atoms with van der Waals surface area (Å²) in [5.74, 6) is -3.59. The van der Waals surface area contributed by atoms with Crippen LogP contribution in [0.25, 0.3) is 0 Å². The zero-order valence-corrected chi connectivity index (χ0v) is 42.9. The van der Waals surface area contributed by atoms with E-state index in [1.54, 1.807) is 0 Å². The molecule has 291 valence electrons. The molecule has 0 amide bonds. The summed E-state index contributed by atoms with van der Waals surface area (Å²) in [6, 6.07) is 0. The molecular weight excluding hydrogens is 873 g/mol. The van der Waals surface area contributed by atoms with E-state index >= 15 is 0 Å². The Labute approximate surface area is 380 Å². The summed E-state index contributed by atoms with van der Waals surface area (Å²) in [4.78, 5) is 0. The van der Waals surface area contributed by atoms with Gasteiger partial charge in [-0.1, -0.05) is 34.6 Å². The van der Waals surface area contributed by atoms with E-state index in [4.69, 9.17) is 14.2 Å². The van der Waals surface area contributed by atoms with Gasteiger partial charge in [-0.15, -0.1) is 0 Å². The third-order valence-corrected chi connectivity index (χ3v) is 12.0. The van der Waals surface area contributed by atoms with Crippen LogP contribution in [-0.2, 0) is 112 Å². The van der Waals surface area contributed by atoms with Gasteiger partial charge in [0.2, 0.25) is 0 Å². The Kier molecular flexibility index (Phi) is 23.4. The molecule has 0 aromatic carbocycles. The summed E-state index contributed by atoms with van der Waals surface area (Å²) in [5, 5.41) is 66.1. The van der Waals surface area contributed by atoms with Crippen LogP contribution in [-0.4, -0.2) is 118 Å². The Morgan fingerprint density at radius 2 is 0.880 bits per heavy atom. The minimum absolute atomic E-state index is 0. The summed E-state index contributed by atoms with van der Waals surface area (Å²) in [7, 11) is 4.56. The SMILES string of the molecule is CCC1(C)CC(O)(OC)C(C)C(C)(CC)N1O.CCC1(CC)CC(O)(OC)CC(C)(C)N1O.COC1(O)CC(C)(C)N(O)C(C)(C)C1.[Y].[Y].[Y]. The van der Waals surface area contributed by atoms with Crippen molar-refractivity contribution in [3.63, 3.8) is 0 Å². The van der Waals surface area contributed by atoms with Crippen molar-refractivity contribution in [2.24, 2.45) is 5.92 Å². The van der Waals surface area contributed by atoms with Crippen LogP contribution in [0, 0.1) is 5.92 Å². The van der Waals surface area contributed by atoms with Crippen molar-refractivity contribution >= 4 is 0 Å². The fraction of sp³-hybridized carbons (Fsp3) is 1.00. The summed E-state index contributed by atoms with van der Waals surface area (Å²) >= 11 is 0. The molecule has 3 aliphatic heterocycles. The molecule has 15 heteroatoms. The minimum Gasteiger partial charge on any atom is -0.365 e. The molecular formula is C35H73N3O9Y3. The van der Waals surface area contributed by atoms with Crippen LogP contribution >= 0.6 is 0 Å². The second-order valence-corrected chi connectivity index (χ2v) is 16.8. The van der Waals surface area contributed by atoms with E-state index in [0.717, 1.165) is 25.7 Å². The second-order valence-electron chi connectivity index (χ2n) is 16.8. The number of hydroxylamine groups is 6. The van der Waals surface area contributed by atoms with E-state index in [1.165, 1.54) is 36.5 Å². The van der Waals surface area contributed by atoms with Crippen LogP contribution in [0.1, 0.15) is 148 Å². The van der Waals surface area contributed by atoms with Crippen molar-refractivity contribution in [3.8, 4) is 0 Å². The predicted octanol–water partition coefficient (Wildman–Crippen LogP) is 5.89.